The molecule has 0 saturated carbocycles. The van der Waals surface area contributed by atoms with E-state index in [0.717, 1.165) is 22.0 Å². The number of fused-ring (bicyclic) bond motifs is 1. The van der Waals surface area contributed by atoms with E-state index in [1.807, 2.05) is 85.7 Å². The van der Waals surface area contributed by atoms with Gasteiger partial charge in [-0.25, -0.2) is 4.79 Å². The molecule has 6 heteroatoms. The first-order valence-electron chi connectivity index (χ1n) is 11.6. The average molecular weight is 481 g/mol. The van der Waals surface area contributed by atoms with E-state index < -0.39 is 5.97 Å². The van der Waals surface area contributed by atoms with Gasteiger partial charge in [-0.1, -0.05) is 60.7 Å². The Hall–Kier alpha value is -4.58. The summed E-state index contributed by atoms with van der Waals surface area (Å²) in [6.45, 7) is 0.427. The molecular formula is C30H28N2O4. The van der Waals surface area contributed by atoms with Gasteiger partial charge in [-0.15, -0.1) is 0 Å². The lowest BCUT2D eigenvalue weighted by molar-refractivity contribution is -0.117. The summed E-state index contributed by atoms with van der Waals surface area (Å²) in [6, 6.07) is 28.1. The number of carboxylic acids is 1. The highest BCUT2D eigenvalue weighted by molar-refractivity contribution is 5.98. The Labute approximate surface area is 210 Å². The summed E-state index contributed by atoms with van der Waals surface area (Å²) in [7, 11) is 3.96. The van der Waals surface area contributed by atoms with E-state index in [4.69, 9.17) is 9.84 Å². The SMILES string of the molecule is CN(C)c1ccc(CNC(=O)/C(=C/c2ccc(C(=O)O)cc2)COc2cccc3ccccc23)cc1. The van der Waals surface area contributed by atoms with E-state index in [2.05, 4.69) is 5.32 Å². The maximum Gasteiger partial charge on any atom is 0.335 e. The molecule has 0 fully saturated rings. The van der Waals surface area contributed by atoms with E-state index in [1.165, 1.54) is 12.1 Å². The zero-order chi connectivity index (χ0) is 25.5. The smallest absolute Gasteiger partial charge is 0.335 e. The van der Waals surface area contributed by atoms with Gasteiger partial charge in [-0.3, -0.25) is 4.79 Å². The third-order valence-electron chi connectivity index (χ3n) is 5.83. The molecule has 0 heterocycles. The fourth-order valence-corrected chi connectivity index (χ4v) is 3.78. The van der Waals surface area contributed by atoms with E-state index >= 15 is 0 Å². The Morgan fingerprint density at radius 3 is 2.28 bits per heavy atom. The number of nitrogens with zero attached hydrogens (tertiary/aromatic N) is 1. The molecule has 0 spiro atoms. The average Bonchev–Trinajstić information content (AvgIpc) is 2.90. The predicted molar refractivity (Wildman–Crippen MR) is 143 cm³/mol. The fourth-order valence-electron chi connectivity index (χ4n) is 3.78. The van der Waals surface area contributed by atoms with Crippen molar-refractivity contribution in [2.45, 2.75) is 6.54 Å². The molecule has 1 amide bonds. The number of amides is 1. The van der Waals surface area contributed by atoms with Crippen molar-refractivity contribution in [2.24, 2.45) is 0 Å². The van der Waals surface area contributed by atoms with Crippen LogP contribution in [0.3, 0.4) is 0 Å². The molecule has 6 nitrogen and oxygen atoms in total. The molecule has 0 saturated heterocycles. The van der Waals surface area contributed by atoms with Gasteiger partial charge in [0, 0.05) is 31.7 Å². The first kappa shape index (κ1) is 24.5. The van der Waals surface area contributed by atoms with Crippen LogP contribution in [0.5, 0.6) is 5.75 Å². The third-order valence-corrected chi connectivity index (χ3v) is 5.83. The van der Waals surface area contributed by atoms with Gasteiger partial charge in [0.15, 0.2) is 0 Å². The molecule has 0 aliphatic carbocycles. The Morgan fingerprint density at radius 2 is 1.58 bits per heavy atom. The zero-order valence-corrected chi connectivity index (χ0v) is 20.3. The van der Waals surface area contributed by atoms with Crippen molar-refractivity contribution >= 4 is 34.4 Å². The van der Waals surface area contributed by atoms with Crippen molar-refractivity contribution < 1.29 is 19.4 Å². The third kappa shape index (κ3) is 6.10. The van der Waals surface area contributed by atoms with Crippen LogP contribution in [0.25, 0.3) is 16.8 Å². The fraction of sp³-hybridized carbons (Fsp3) is 0.133. The quantitative estimate of drug-likeness (QED) is 0.314. The number of carboxylic acid groups (broad SMARTS) is 1. The lowest BCUT2D eigenvalue weighted by atomic mass is 10.1. The van der Waals surface area contributed by atoms with Crippen LogP contribution in [0.2, 0.25) is 0 Å². The highest BCUT2D eigenvalue weighted by Crippen LogP contribution is 2.26. The van der Waals surface area contributed by atoms with Gasteiger partial charge >= 0.3 is 5.97 Å². The minimum Gasteiger partial charge on any atom is -0.488 e. The number of rotatable bonds is 9. The lowest BCUT2D eigenvalue weighted by Gasteiger charge is -2.14. The standard InChI is InChI=1S/C30H28N2O4/c1-32(2)26-16-12-22(13-17-26)19-31-29(33)25(18-21-10-14-24(15-11-21)30(34)35)20-36-28-9-5-7-23-6-3-4-8-27(23)28/h3-18H,19-20H2,1-2H3,(H,31,33)(H,34,35)/b25-18+. The molecule has 36 heavy (non-hydrogen) atoms. The van der Waals surface area contributed by atoms with Crippen LogP contribution in [-0.4, -0.2) is 37.7 Å². The van der Waals surface area contributed by atoms with Gasteiger partial charge in [-0.2, -0.15) is 0 Å². The molecule has 0 bridgehead atoms. The highest BCUT2D eigenvalue weighted by Gasteiger charge is 2.13. The normalized spacial score (nSPS) is 11.2. The topological polar surface area (TPSA) is 78.9 Å². The molecule has 2 N–H and O–H groups in total. The molecule has 0 atom stereocenters. The molecule has 4 aromatic carbocycles. The minimum atomic E-state index is -0.997. The Morgan fingerprint density at radius 1 is 0.889 bits per heavy atom. The summed E-state index contributed by atoms with van der Waals surface area (Å²) in [5, 5.41) is 14.2. The molecule has 182 valence electrons. The number of carbonyl (C=O) groups excluding carboxylic acids is 1. The molecule has 0 unspecified atom stereocenters. The number of carbonyl (C=O) groups is 2. The molecule has 4 aromatic rings. The van der Waals surface area contributed by atoms with Gasteiger partial charge < -0.3 is 20.1 Å². The largest absolute Gasteiger partial charge is 0.488 e. The van der Waals surface area contributed by atoms with Crippen LogP contribution in [0.15, 0.2) is 96.6 Å². The summed E-state index contributed by atoms with van der Waals surface area (Å²) in [5.74, 6) is -0.565. The summed E-state index contributed by atoms with van der Waals surface area (Å²) in [4.78, 5) is 26.4. The molecule has 4 rings (SSSR count). The second-order valence-electron chi connectivity index (χ2n) is 8.61. The van der Waals surface area contributed by atoms with E-state index in [-0.39, 0.29) is 18.1 Å². The summed E-state index contributed by atoms with van der Waals surface area (Å²) in [5.41, 5.74) is 3.39. The Balaban J connectivity index is 1.54. The summed E-state index contributed by atoms with van der Waals surface area (Å²) in [6.07, 6.45) is 1.72. The number of ether oxygens (including phenoxy) is 1. The van der Waals surface area contributed by atoms with Gasteiger partial charge in [0.2, 0.25) is 0 Å². The van der Waals surface area contributed by atoms with Crippen LogP contribution in [0.4, 0.5) is 5.69 Å². The molecule has 0 aliphatic heterocycles. The number of hydrogen-bond acceptors (Lipinski definition) is 4. The number of anilines is 1. The van der Waals surface area contributed by atoms with Crippen LogP contribution in [0.1, 0.15) is 21.5 Å². The van der Waals surface area contributed by atoms with Gasteiger partial charge in [0.05, 0.1) is 11.1 Å². The van der Waals surface area contributed by atoms with Crippen LogP contribution in [-0.2, 0) is 11.3 Å². The number of aromatic carboxylic acids is 1. The maximum atomic E-state index is 13.2. The number of hydrogen-bond donors (Lipinski definition) is 2. The van der Waals surface area contributed by atoms with E-state index in [9.17, 15) is 9.59 Å². The first-order valence-corrected chi connectivity index (χ1v) is 11.6. The van der Waals surface area contributed by atoms with Crippen molar-refractivity contribution in [3.63, 3.8) is 0 Å². The first-order chi connectivity index (χ1) is 17.4. The zero-order valence-electron chi connectivity index (χ0n) is 20.3. The Kier molecular flexibility index (Phi) is 7.66. The summed E-state index contributed by atoms with van der Waals surface area (Å²) < 4.78 is 6.10. The van der Waals surface area contributed by atoms with Crippen LogP contribution in [0, 0.1) is 0 Å². The van der Waals surface area contributed by atoms with Crippen molar-refractivity contribution in [3.05, 3.63) is 113 Å². The molecular weight excluding hydrogens is 452 g/mol. The van der Waals surface area contributed by atoms with Crippen molar-refractivity contribution in [1.29, 1.82) is 0 Å². The second kappa shape index (κ2) is 11.2. The van der Waals surface area contributed by atoms with E-state index in [0.29, 0.717) is 23.4 Å². The summed E-state index contributed by atoms with van der Waals surface area (Å²) >= 11 is 0. The minimum absolute atomic E-state index is 0.0556. The van der Waals surface area contributed by atoms with Crippen molar-refractivity contribution in [1.82, 2.24) is 5.32 Å². The second-order valence-corrected chi connectivity index (χ2v) is 8.61. The molecule has 0 aliphatic rings. The monoisotopic (exact) mass is 480 g/mol. The predicted octanol–water partition coefficient (Wildman–Crippen LogP) is 5.38. The van der Waals surface area contributed by atoms with Crippen LogP contribution >= 0.6 is 0 Å². The van der Waals surface area contributed by atoms with Crippen molar-refractivity contribution in [2.75, 3.05) is 25.6 Å². The number of nitrogens with one attached hydrogen (secondary N) is 1. The van der Waals surface area contributed by atoms with Gasteiger partial charge in [-0.05, 0) is 52.9 Å². The van der Waals surface area contributed by atoms with Crippen molar-refractivity contribution in [3.8, 4) is 5.75 Å². The highest BCUT2D eigenvalue weighted by atomic mass is 16.5. The lowest BCUT2D eigenvalue weighted by Crippen LogP contribution is -2.27. The van der Waals surface area contributed by atoms with Crippen LogP contribution < -0.4 is 15.0 Å². The van der Waals surface area contributed by atoms with Gasteiger partial charge in [0.25, 0.3) is 5.91 Å². The number of benzene rings is 4. The molecule has 0 aromatic heterocycles. The Bertz CT molecular complexity index is 1390. The maximum absolute atomic E-state index is 13.2. The van der Waals surface area contributed by atoms with Gasteiger partial charge in [0.1, 0.15) is 12.4 Å². The molecule has 0 radical (unpaired) electrons. The van der Waals surface area contributed by atoms with E-state index in [1.54, 1.807) is 18.2 Å².